The maximum atomic E-state index is 12.9. The third-order valence-electron chi connectivity index (χ3n) is 5.41. The van der Waals surface area contributed by atoms with E-state index >= 15 is 0 Å². The van der Waals surface area contributed by atoms with E-state index < -0.39 is 0 Å². The first-order valence-corrected chi connectivity index (χ1v) is 10.7. The second kappa shape index (κ2) is 10.2. The van der Waals surface area contributed by atoms with Gasteiger partial charge in [-0.15, -0.1) is 0 Å². The molecule has 3 aromatic carbocycles. The van der Waals surface area contributed by atoms with E-state index in [1.165, 1.54) is 21.3 Å². The average Bonchev–Trinajstić information content (AvgIpc) is 3.20. The van der Waals surface area contributed by atoms with Gasteiger partial charge in [0, 0.05) is 11.6 Å². The molecule has 1 heterocycles. The molecule has 1 aliphatic rings. The Morgan fingerprint density at radius 3 is 2.09 bits per heavy atom. The Bertz CT molecular complexity index is 1270. The smallest absolute Gasteiger partial charge is 0.231 e. The van der Waals surface area contributed by atoms with Gasteiger partial charge in [-0.25, -0.2) is 0 Å². The Morgan fingerprint density at radius 2 is 1.49 bits per heavy atom. The fraction of sp³-hybridized carbons (Fsp3) is 0.185. The summed E-state index contributed by atoms with van der Waals surface area (Å²) in [5.41, 5.74) is 1.55. The van der Waals surface area contributed by atoms with E-state index in [-0.39, 0.29) is 23.9 Å². The minimum Gasteiger partial charge on any atom is -0.497 e. The van der Waals surface area contributed by atoms with Crippen molar-refractivity contribution in [2.45, 2.75) is 0 Å². The number of hydrogen-bond acceptors (Lipinski definition) is 8. The van der Waals surface area contributed by atoms with Gasteiger partial charge in [-0.05, 0) is 60.2 Å². The molecular formula is C27H24O8. The first kappa shape index (κ1) is 23.7. The summed E-state index contributed by atoms with van der Waals surface area (Å²) in [5, 5.41) is 0. The molecular weight excluding hydrogens is 452 g/mol. The largest absolute Gasteiger partial charge is 0.497 e. The van der Waals surface area contributed by atoms with Crippen LogP contribution in [0, 0.1) is 0 Å². The molecule has 4 rings (SSSR count). The molecule has 8 nitrogen and oxygen atoms in total. The summed E-state index contributed by atoms with van der Waals surface area (Å²) in [6, 6.07) is 15.0. The lowest BCUT2D eigenvalue weighted by molar-refractivity contribution is 0.0920. The lowest BCUT2D eigenvalue weighted by atomic mass is 10.1. The second-order valence-corrected chi connectivity index (χ2v) is 7.50. The first-order chi connectivity index (χ1) is 17.0. The minimum absolute atomic E-state index is 0.140. The topological polar surface area (TPSA) is 89.5 Å². The van der Waals surface area contributed by atoms with Crippen LogP contribution in [0.25, 0.3) is 6.08 Å². The number of methoxy groups -OCH3 is 4. The Labute approximate surface area is 202 Å². The lowest BCUT2D eigenvalue weighted by Crippen LogP contribution is -2.11. The quantitative estimate of drug-likeness (QED) is 0.327. The van der Waals surface area contributed by atoms with Crippen LogP contribution in [0.5, 0.6) is 34.5 Å². The maximum Gasteiger partial charge on any atom is 0.231 e. The van der Waals surface area contributed by atoms with Gasteiger partial charge < -0.3 is 28.4 Å². The van der Waals surface area contributed by atoms with Crippen LogP contribution < -0.4 is 28.4 Å². The average molecular weight is 476 g/mol. The predicted molar refractivity (Wildman–Crippen MR) is 128 cm³/mol. The lowest BCUT2D eigenvalue weighted by Gasteiger charge is -2.13. The fourth-order valence-electron chi connectivity index (χ4n) is 3.60. The number of hydrogen-bond donors (Lipinski definition) is 0. The van der Waals surface area contributed by atoms with E-state index in [1.807, 2.05) is 0 Å². The van der Waals surface area contributed by atoms with Crippen LogP contribution in [0.4, 0.5) is 0 Å². The summed E-state index contributed by atoms with van der Waals surface area (Å²) in [6.45, 7) is -0.160. The van der Waals surface area contributed by atoms with Gasteiger partial charge in [-0.2, -0.15) is 0 Å². The summed E-state index contributed by atoms with van der Waals surface area (Å²) in [5.74, 6) is 2.47. The number of carbonyl (C=O) groups is 2. The van der Waals surface area contributed by atoms with Crippen LogP contribution in [-0.2, 0) is 0 Å². The molecule has 0 spiro atoms. The molecule has 3 aromatic rings. The number of carbonyl (C=O) groups excluding carboxylic acids is 2. The van der Waals surface area contributed by atoms with E-state index in [1.54, 1.807) is 67.8 Å². The van der Waals surface area contributed by atoms with Crippen molar-refractivity contribution < 1.29 is 38.0 Å². The normalized spacial score (nSPS) is 13.1. The third kappa shape index (κ3) is 4.91. The standard InChI is InChI=1S/C27H24O8/c1-30-18-7-5-17(6-8-18)21(28)15-34-19-9-10-20-22(14-19)35-23(26(20)29)11-16-12-24(31-2)27(33-4)25(13-16)32-3/h5-14H,15H2,1-4H3/b23-11-. The van der Waals surface area contributed by atoms with Crippen molar-refractivity contribution in [3.05, 3.63) is 77.0 Å². The summed E-state index contributed by atoms with van der Waals surface area (Å²) in [7, 11) is 6.11. The highest BCUT2D eigenvalue weighted by molar-refractivity contribution is 6.14. The summed E-state index contributed by atoms with van der Waals surface area (Å²) in [6.07, 6.45) is 1.60. The molecule has 0 unspecified atom stereocenters. The molecule has 0 aliphatic carbocycles. The summed E-state index contributed by atoms with van der Waals surface area (Å²) < 4.78 is 32.6. The van der Waals surface area contributed by atoms with Crippen LogP contribution in [0.1, 0.15) is 26.3 Å². The van der Waals surface area contributed by atoms with Crippen molar-refractivity contribution in [3.8, 4) is 34.5 Å². The SMILES string of the molecule is COc1ccc(C(=O)COc2ccc3c(c2)O/C(=C\c2cc(OC)c(OC)c(OC)c2)C3=O)cc1. The number of Topliss-reactive ketones (excluding diaryl/α,β-unsaturated/α-hetero) is 2. The molecule has 0 bridgehead atoms. The van der Waals surface area contributed by atoms with Crippen molar-refractivity contribution in [2.75, 3.05) is 35.0 Å². The minimum atomic E-state index is -0.269. The fourth-order valence-corrected chi connectivity index (χ4v) is 3.60. The van der Waals surface area contributed by atoms with Crippen LogP contribution >= 0.6 is 0 Å². The Kier molecular flexibility index (Phi) is 6.91. The zero-order valence-corrected chi connectivity index (χ0v) is 19.7. The summed E-state index contributed by atoms with van der Waals surface area (Å²) in [4.78, 5) is 25.3. The number of rotatable bonds is 9. The number of ketones is 2. The summed E-state index contributed by atoms with van der Waals surface area (Å²) >= 11 is 0. The van der Waals surface area contributed by atoms with Crippen molar-refractivity contribution in [2.24, 2.45) is 0 Å². The number of fused-ring (bicyclic) bond motifs is 1. The van der Waals surface area contributed by atoms with Gasteiger partial charge in [0.25, 0.3) is 0 Å². The second-order valence-electron chi connectivity index (χ2n) is 7.50. The number of ether oxygens (including phenoxy) is 6. The van der Waals surface area contributed by atoms with Gasteiger partial charge in [0.15, 0.2) is 29.6 Å². The molecule has 0 saturated heterocycles. The molecule has 0 saturated carbocycles. The van der Waals surface area contributed by atoms with E-state index in [9.17, 15) is 9.59 Å². The molecule has 0 fully saturated rings. The van der Waals surface area contributed by atoms with Gasteiger partial charge in [0.05, 0.1) is 34.0 Å². The molecule has 35 heavy (non-hydrogen) atoms. The van der Waals surface area contributed by atoms with Gasteiger partial charge in [-0.1, -0.05) is 0 Å². The molecule has 0 atom stereocenters. The molecule has 0 aromatic heterocycles. The van der Waals surface area contributed by atoms with Gasteiger partial charge >= 0.3 is 0 Å². The van der Waals surface area contributed by atoms with E-state index in [2.05, 4.69) is 0 Å². The highest BCUT2D eigenvalue weighted by atomic mass is 16.5. The maximum absolute atomic E-state index is 12.9. The molecule has 8 heteroatoms. The molecule has 0 radical (unpaired) electrons. The van der Waals surface area contributed by atoms with Gasteiger partial charge in [-0.3, -0.25) is 9.59 Å². The van der Waals surface area contributed by atoms with Crippen molar-refractivity contribution >= 4 is 17.6 Å². The predicted octanol–water partition coefficient (Wildman–Crippen LogP) is 4.60. The van der Waals surface area contributed by atoms with E-state index in [4.69, 9.17) is 28.4 Å². The zero-order chi connectivity index (χ0) is 24.9. The van der Waals surface area contributed by atoms with Crippen LogP contribution in [-0.4, -0.2) is 46.6 Å². The number of benzene rings is 3. The first-order valence-electron chi connectivity index (χ1n) is 10.7. The molecule has 180 valence electrons. The van der Waals surface area contributed by atoms with Gasteiger partial charge in [0.2, 0.25) is 11.5 Å². The van der Waals surface area contributed by atoms with Crippen LogP contribution in [0.2, 0.25) is 0 Å². The molecule has 1 aliphatic heterocycles. The Morgan fingerprint density at radius 1 is 0.829 bits per heavy atom. The van der Waals surface area contributed by atoms with Crippen molar-refractivity contribution in [1.29, 1.82) is 0 Å². The molecule has 0 amide bonds. The third-order valence-corrected chi connectivity index (χ3v) is 5.41. The number of allylic oxidation sites excluding steroid dienone is 1. The van der Waals surface area contributed by atoms with Crippen molar-refractivity contribution in [1.82, 2.24) is 0 Å². The Balaban J connectivity index is 1.50. The highest BCUT2D eigenvalue weighted by Gasteiger charge is 2.28. The van der Waals surface area contributed by atoms with Crippen molar-refractivity contribution in [3.63, 3.8) is 0 Å². The monoisotopic (exact) mass is 476 g/mol. The highest BCUT2D eigenvalue weighted by Crippen LogP contribution is 2.40. The Hall–Kier alpha value is -4.46. The van der Waals surface area contributed by atoms with E-state index in [0.29, 0.717) is 51.2 Å². The molecule has 0 N–H and O–H groups in total. The van der Waals surface area contributed by atoms with Crippen LogP contribution in [0.15, 0.2) is 60.4 Å². The zero-order valence-electron chi connectivity index (χ0n) is 19.7. The van der Waals surface area contributed by atoms with E-state index in [0.717, 1.165) is 0 Å². The van der Waals surface area contributed by atoms with Crippen LogP contribution in [0.3, 0.4) is 0 Å². The van der Waals surface area contributed by atoms with Gasteiger partial charge in [0.1, 0.15) is 17.2 Å².